The van der Waals surface area contributed by atoms with E-state index in [1.165, 1.54) is 66.6 Å². The maximum Gasteiger partial charge on any atom is 0.135 e. The first-order chi connectivity index (χ1) is 22.3. The highest BCUT2D eigenvalue weighted by molar-refractivity contribution is 6.06. The molecular weight excluding hydrogens is 546 g/mol. The van der Waals surface area contributed by atoms with Crippen LogP contribution in [0.5, 0.6) is 0 Å². The minimum absolute atomic E-state index is 0.133. The van der Waals surface area contributed by atoms with Gasteiger partial charge in [-0.1, -0.05) is 133 Å². The van der Waals surface area contributed by atoms with Gasteiger partial charge >= 0.3 is 0 Å². The van der Waals surface area contributed by atoms with Crippen LogP contribution in [-0.4, -0.2) is 6.72 Å². The second-order valence-electron chi connectivity index (χ2n) is 12.5. The first kappa shape index (κ1) is 26.2. The van der Waals surface area contributed by atoms with Crippen LogP contribution in [0.4, 0.5) is 0 Å². The number of furan rings is 1. The summed E-state index contributed by atoms with van der Waals surface area (Å²) in [5.74, 6) is 1.06. The number of hydrogen-bond donors (Lipinski definition) is 0. The fourth-order valence-corrected chi connectivity index (χ4v) is 8.35. The summed E-state index contributed by atoms with van der Waals surface area (Å²) < 4.78 is 6.96. The molecule has 0 radical (unpaired) electrons. The molecule has 1 aromatic heterocycles. The molecule has 3 aliphatic rings. The predicted molar refractivity (Wildman–Crippen MR) is 186 cm³/mol. The summed E-state index contributed by atoms with van der Waals surface area (Å²) in [6, 6.07) is 44.0. The lowest BCUT2D eigenvalue weighted by Gasteiger charge is -2.31. The normalized spacial score (nSPS) is 16.0. The van der Waals surface area contributed by atoms with Crippen LogP contribution in [-0.2, 0) is 5.41 Å². The maximum absolute atomic E-state index is 6.96. The Morgan fingerprint density at radius 3 is 2.07 bits per heavy atom. The van der Waals surface area contributed by atoms with Crippen LogP contribution in [0.1, 0.15) is 65.3 Å². The van der Waals surface area contributed by atoms with Crippen molar-refractivity contribution < 1.29 is 4.42 Å². The van der Waals surface area contributed by atoms with E-state index in [9.17, 15) is 0 Å². The molecule has 216 valence electrons. The van der Waals surface area contributed by atoms with Gasteiger partial charge in [-0.2, -0.15) is 0 Å². The number of nitrogens with zero attached hydrogens (tertiary/aromatic N) is 1. The molecule has 0 bridgehead atoms. The fourth-order valence-electron chi connectivity index (χ4n) is 8.35. The molecule has 9 rings (SSSR count). The molecule has 5 aromatic carbocycles. The van der Waals surface area contributed by atoms with Gasteiger partial charge in [0, 0.05) is 10.9 Å². The van der Waals surface area contributed by atoms with Crippen molar-refractivity contribution in [1.29, 1.82) is 0 Å². The smallest absolute Gasteiger partial charge is 0.135 e. The van der Waals surface area contributed by atoms with Crippen LogP contribution >= 0.6 is 0 Å². The maximum atomic E-state index is 6.96. The van der Waals surface area contributed by atoms with Gasteiger partial charge in [0.1, 0.15) is 16.8 Å². The monoisotopic (exact) mass is 579 g/mol. The highest BCUT2D eigenvalue weighted by Gasteiger charge is 2.56. The summed E-state index contributed by atoms with van der Waals surface area (Å²) in [6.07, 6.45) is 8.83. The van der Waals surface area contributed by atoms with Crippen molar-refractivity contribution in [3.05, 3.63) is 173 Å². The molecule has 1 heterocycles. The molecule has 0 aliphatic heterocycles. The lowest BCUT2D eigenvalue weighted by molar-refractivity contribution is 0.506. The molecule has 1 spiro atoms. The Balaban J connectivity index is 1.20. The lowest BCUT2D eigenvalue weighted by atomic mass is 9.70. The first-order valence-electron chi connectivity index (χ1n) is 16.0. The van der Waals surface area contributed by atoms with E-state index in [4.69, 9.17) is 4.42 Å². The number of aliphatic imine (C=N–C) groups is 1. The van der Waals surface area contributed by atoms with E-state index in [1.54, 1.807) is 0 Å². The van der Waals surface area contributed by atoms with E-state index in [0.717, 1.165) is 37.0 Å². The zero-order valence-corrected chi connectivity index (χ0v) is 25.2. The highest BCUT2D eigenvalue weighted by atomic mass is 16.3. The summed E-state index contributed by atoms with van der Waals surface area (Å²) in [6.45, 7) is 3.90. The molecule has 2 nitrogen and oxygen atoms in total. The minimum atomic E-state index is -0.503. The largest absolute Gasteiger partial charge is 0.459 e. The Labute approximate surface area is 264 Å². The quantitative estimate of drug-likeness (QED) is 0.180. The predicted octanol–water partition coefficient (Wildman–Crippen LogP) is 11.1. The van der Waals surface area contributed by atoms with E-state index in [0.29, 0.717) is 0 Å². The molecule has 2 heteroatoms. The molecule has 1 atom stereocenters. The van der Waals surface area contributed by atoms with Crippen molar-refractivity contribution in [3.8, 4) is 22.3 Å². The van der Waals surface area contributed by atoms with E-state index in [-0.39, 0.29) is 6.04 Å². The van der Waals surface area contributed by atoms with E-state index in [2.05, 4.69) is 145 Å². The van der Waals surface area contributed by atoms with Crippen molar-refractivity contribution in [3.63, 3.8) is 0 Å². The van der Waals surface area contributed by atoms with Crippen molar-refractivity contribution in [1.82, 2.24) is 0 Å². The van der Waals surface area contributed by atoms with Gasteiger partial charge in [0.05, 0.1) is 6.04 Å². The van der Waals surface area contributed by atoms with Gasteiger partial charge in [0.25, 0.3) is 0 Å². The van der Waals surface area contributed by atoms with E-state index < -0.39 is 5.41 Å². The molecule has 6 aromatic rings. The van der Waals surface area contributed by atoms with E-state index in [1.807, 2.05) is 0 Å². The van der Waals surface area contributed by atoms with Gasteiger partial charge < -0.3 is 4.42 Å². The molecule has 0 N–H and O–H groups in total. The Kier molecular flexibility index (Phi) is 5.93. The lowest BCUT2D eigenvalue weighted by Crippen LogP contribution is -2.27. The van der Waals surface area contributed by atoms with Gasteiger partial charge in [-0.15, -0.1) is 0 Å². The zero-order valence-electron chi connectivity index (χ0n) is 25.2. The Morgan fingerprint density at radius 1 is 0.667 bits per heavy atom. The van der Waals surface area contributed by atoms with Crippen LogP contribution in [0.3, 0.4) is 0 Å². The van der Waals surface area contributed by atoms with E-state index >= 15 is 0 Å². The average molecular weight is 580 g/mol. The Bertz CT molecular complexity index is 2150. The van der Waals surface area contributed by atoms with Crippen LogP contribution in [0.25, 0.3) is 38.8 Å². The SMILES string of the molecule is C=NC(CCC1=CC=C(c2cccc3c2C2(c4ccccc4-c4ccccc42)c2oc4ccccc4c2-3)CC1)c1ccccc1. The number of para-hydroxylation sites is 1. The third-order valence-electron chi connectivity index (χ3n) is 10.3. The highest BCUT2D eigenvalue weighted by Crippen LogP contribution is 2.65. The third kappa shape index (κ3) is 3.72. The summed E-state index contributed by atoms with van der Waals surface area (Å²) in [4.78, 5) is 4.46. The number of benzene rings is 5. The van der Waals surface area contributed by atoms with Gasteiger partial charge in [-0.05, 0) is 88.5 Å². The Hall–Kier alpha value is -5.21. The Morgan fingerprint density at radius 2 is 1.33 bits per heavy atom. The third-order valence-corrected chi connectivity index (χ3v) is 10.3. The first-order valence-corrected chi connectivity index (χ1v) is 16.0. The summed E-state index contributed by atoms with van der Waals surface area (Å²) in [5.41, 5.74) is 15.0. The molecule has 1 unspecified atom stereocenters. The van der Waals surface area contributed by atoms with Crippen molar-refractivity contribution in [2.45, 2.75) is 37.1 Å². The molecule has 0 fully saturated rings. The fraction of sp³-hybridized carbons (Fsp3) is 0.140. The molecular formula is C43H33NO. The number of hydrogen-bond acceptors (Lipinski definition) is 2. The summed E-state index contributed by atoms with van der Waals surface area (Å²) >= 11 is 0. The van der Waals surface area contributed by atoms with Crippen molar-refractivity contribution in [2.75, 3.05) is 0 Å². The minimum Gasteiger partial charge on any atom is -0.459 e. The van der Waals surface area contributed by atoms with Crippen LogP contribution in [0.15, 0.2) is 148 Å². The zero-order chi connectivity index (χ0) is 30.0. The van der Waals surface area contributed by atoms with Crippen molar-refractivity contribution >= 4 is 23.3 Å². The van der Waals surface area contributed by atoms with Gasteiger partial charge in [0.15, 0.2) is 0 Å². The molecule has 3 aliphatic carbocycles. The summed E-state index contributed by atoms with van der Waals surface area (Å²) in [7, 11) is 0. The van der Waals surface area contributed by atoms with Crippen LogP contribution in [0, 0.1) is 0 Å². The topological polar surface area (TPSA) is 25.5 Å². The molecule has 0 saturated carbocycles. The van der Waals surface area contributed by atoms with Gasteiger partial charge in [0.2, 0.25) is 0 Å². The molecule has 45 heavy (non-hydrogen) atoms. The van der Waals surface area contributed by atoms with Crippen molar-refractivity contribution in [2.24, 2.45) is 4.99 Å². The summed E-state index contributed by atoms with van der Waals surface area (Å²) in [5, 5.41) is 1.19. The van der Waals surface area contributed by atoms with Gasteiger partial charge in [-0.3, -0.25) is 4.99 Å². The average Bonchev–Trinajstić information content (AvgIpc) is 3.73. The molecule has 0 saturated heterocycles. The van der Waals surface area contributed by atoms with Crippen LogP contribution in [0.2, 0.25) is 0 Å². The number of allylic oxidation sites excluding steroid dienone is 4. The second-order valence-corrected chi connectivity index (χ2v) is 12.5. The number of rotatable bonds is 6. The number of fused-ring (bicyclic) bond motifs is 12. The second kappa shape index (κ2) is 10.2. The van der Waals surface area contributed by atoms with Crippen LogP contribution < -0.4 is 0 Å². The standard InChI is InChI=1S/C43H33NO/c1-44-38(30-12-3-2-4-13-30)27-24-28-22-25-29(26-23-28)31-17-11-18-35-40-34-16-7-10-21-39(34)45-42(40)43(41(31)35)36-19-8-5-14-32(36)33-15-6-9-20-37(33)43/h2-22,25,38H,1,23-24,26-27H2. The molecule has 0 amide bonds. The van der Waals surface area contributed by atoms with Gasteiger partial charge in [-0.25, -0.2) is 0 Å².